The highest BCUT2D eigenvalue weighted by atomic mass is 16.4. The van der Waals surface area contributed by atoms with E-state index in [0.717, 1.165) is 17.7 Å². The topological polar surface area (TPSA) is 68.9 Å². The number of hydrogen-bond acceptors (Lipinski definition) is 4. The Labute approximate surface area is 205 Å². The zero-order chi connectivity index (χ0) is 26.5. The van der Waals surface area contributed by atoms with Crippen molar-refractivity contribution in [1.29, 1.82) is 10.7 Å². The Balaban J connectivity index is -0.000000324. The maximum Gasteiger partial charge on any atom is 0.0991 e. The highest BCUT2D eigenvalue weighted by molar-refractivity contribution is 5.98. The Hall–Kier alpha value is -3.08. The van der Waals surface area contributed by atoms with Crippen LogP contribution in [0.2, 0.25) is 0 Å². The number of unbranched alkanes of at least 4 members (excludes halogenated alkanes) is 1. The van der Waals surface area contributed by atoms with Gasteiger partial charge in [-0.1, -0.05) is 84.4 Å². The molecule has 0 saturated carbocycles. The first kappa shape index (κ1) is 37.2. The van der Waals surface area contributed by atoms with Crippen LogP contribution in [-0.2, 0) is 4.74 Å². The lowest BCUT2D eigenvalue weighted by Gasteiger charge is -2.19. The maximum atomic E-state index is 8.84. The van der Waals surface area contributed by atoms with Crippen LogP contribution in [0.25, 0.3) is 0 Å². The number of ether oxygens (including phenoxy) is 1. The second-order valence-electron chi connectivity index (χ2n) is 6.49. The predicted octanol–water partition coefficient (Wildman–Crippen LogP) is 8.21. The third kappa shape index (κ3) is 25.1. The lowest BCUT2D eigenvalue weighted by Crippen LogP contribution is -2.22. The van der Waals surface area contributed by atoms with Crippen LogP contribution in [0.4, 0.5) is 5.69 Å². The molecule has 1 atom stereocenters. The van der Waals surface area contributed by atoms with Crippen molar-refractivity contribution >= 4 is 11.4 Å². The first-order chi connectivity index (χ1) is 15.9. The molecule has 0 radical (unpaired) electrons. The number of terminal acetylenes is 1. The highest BCUT2D eigenvalue weighted by Gasteiger charge is 2.10. The monoisotopic (exact) mass is 453 g/mol. The third-order valence-corrected chi connectivity index (χ3v) is 3.93. The molecule has 1 aromatic carbocycles. The fourth-order valence-corrected chi connectivity index (χ4v) is 1.94. The molecule has 0 spiro atoms. The summed E-state index contributed by atoms with van der Waals surface area (Å²) in [6.07, 6.45) is 17.2. The number of hydrogen-bond donors (Lipinski definition) is 2. The van der Waals surface area contributed by atoms with Gasteiger partial charge in [-0.15, -0.1) is 12.8 Å². The Morgan fingerprint density at radius 1 is 1.12 bits per heavy atom. The van der Waals surface area contributed by atoms with E-state index in [0.29, 0.717) is 17.7 Å². The fourth-order valence-electron chi connectivity index (χ4n) is 1.94. The van der Waals surface area contributed by atoms with E-state index in [1.807, 2.05) is 57.2 Å². The molecule has 0 bridgehead atoms. The number of nitriles is 1. The summed E-state index contributed by atoms with van der Waals surface area (Å²) in [5.74, 6) is 0. The average Bonchev–Trinajstić information content (AvgIpc) is 2.87. The molecular weight excluding hydrogens is 406 g/mol. The van der Waals surface area contributed by atoms with Crippen LogP contribution < -0.4 is 5.32 Å². The summed E-state index contributed by atoms with van der Waals surface area (Å²) < 4.78 is 4.25. The number of anilines is 1. The number of rotatable bonds is 9. The average molecular weight is 454 g/mol. The van der Waals surface area contributed by atoms with Crippen molar-refractivity contribution in [3.8, 4) is 18.9 Å². The normalized spacial score (nSPS) is 10.5. The Bertz CT molecular complexity index is 693. The maximum absolute atomic E-state index is 8.84. The summed E-state index contributed by atoms with van der Waals surface area (Å²) >= 11 is 0. The van der Waals surface area contributed by atoms with Gasteiger partial charge in [0, 0.05) is 38.1 Å². The quantitative estimate of drug-likeness (QED) is 0.171. The number of methoxy groups -OCH3 is 1. The van der Waals surface area contributed by atoms with E-state index < -0.39 is 0 Å². The van der Waals surface area contributed by atoms with Gasteiger partial charge >= 0.3 is 0 Å². The van der Waals surface area contributed by atoms with Crippen molar-refractivity contribution < 1.29 is 4.74 Å². The second-order valence-corrected chi connectivity index (χ2v) is 6.49. The van der Waals surface area contributed by atoms with Gasteiger partial charge in [0.05, 0.1) is 11.6 Å². The van der Waals surface area contributed by atoms with Crippen LogP contribution in [0, 0.1) is 29.6 Å². The van der Waals surface area contributed by atoms with E-state index in [9.17, 15) is 0 Å². The lowest BCUT2D eigenvalue weighted by molar-refractivity contribution is 0.277. The van der Waals surface area contributed by atoms with Crippen molar-refractivity contribution in [2.24, 2.45) is 0 Å². The molecule has 2 N–H and O–H groups in total. The van der Waals surface area contributed by atoms with Crippen molar-refractivity contribution in [2.45, 2.75) is 73.3 Å². The molecule has 0 amide bonds. The smallest absolute Gasteiger partial charge is 0.0991 e. The van der Waals surface area contributed by atoms with Gasteiger partial charge in [-0.05, 0) is 37.1 Å². The summed E-state index contributed by atoms with van der Waals surface area (Å²) in [4.78, 5) is 0. The van der Waals surface area contributed by atoms with E-state index in [-0.39, 0.29) is 6.04 Å². The molecule has 33 heavy (non-hydrogen) atoms. The molecule has 0 saturated heterocycles. The molecule has 0 aliphatic carbocycles. The standard InChI is InChI=1S/C19H23N3.C4H10.C2H6O.C2H6.C2H2/c1-4-16(14-20)12-11-15(3)19(21)13-17(5-2)22-18-9-7-6-8-10-18;1-3-4-2;1-3-2;2*1-2/h4,6-12,17,21-22H,1,5,13H2,2-3H3;3-4H2,1-2H3;1-2H3;1-2H3;1-2H/b15-11+,16-12+,21-19?;;;;. The van der Waals surface area contributed by atoms with Gasteiger partial charge in [0.2, 0.25) is 0 Å². The Morgan fingerprint density at radius 2 is 1.61 bits per heavy atom. The molecule has 0 fully saturated rings. The molecule has 1 aromatic rings. The summed E-state index contributed by atoms with van der Waals surface area (Å²) in [6, 6.07) is 12.3. The van der Waals surface area contributed by atoms with Gasteiger partial charge in [-0.2, -0.15) is 5.26 Å². The molecule has 1 rings (SSSR count). The van der Waals surface area contributed by atoms with Crippen LogP contribution in [-0.4, -0.2) is 26.0 Å². The first-order valence-corrected chi connectivity index (χ1v) is 11.5. The number of nitrogens with one attached hydrogen (secondary N) is 2. The minimum atomic E-state index is 0.220. The predicted molar refractivity (Wildman–Crippen MR) is 149 cm³/mol. The number of para-hydroxylation sites is 1. The van der Waals surface area contributed by atoms with Crippen LogP contribution in [0.3, 0.4) is 0 Å². The van der Waals surface area contributed by atoms with Crippen LogP contribution >= 0.6 is 0 Å². The van der Waals surface area contributed by atoms with E-state index in [1.54, 1.807) is 26.4 Å². The lowest BCUT2D eigenvalue weighted by atomic mass is 10.0. The van der Waals surface area contributed by atoms with Gasteiger partial charge in [-0.25, -0.2) is 0 Å². The molecular formula is C29H47N3O. The van der Waals surface area contributed by atoms with Crippen LogP contribution in [0.15, 0.2) is 66.3 Å². The minimum Gasteiger partial charge on any atom is -0.388 e. The van der Waals surface area contributed by atoms with Gasteiger partial charge in [0.25, 0.3) is 0 Å². The molecule has 1 unspecified atom stereocenters. The van der Waals surface area contributed by atoms with Crippen molar-refractivity contribution in [2.75, 3.05) is 19.5 Å². The van der Waals surface area contributed by atoms with E-state index in [1.165, 1.54) is 18.9 Å². The number of benzene rings is 1. The summed E-state index contributed by atoms with van der Waals surface area (Å²) in [5, 5.41) is 20.5. The van der Waals surface area contributed by atoms with Crippen molar-refractivity contribution in [3.05, 3.63) is 66.3 Å². The molecule has 0 aromatic heterocycles. The largest absolute Gasteiger partial charge is 0.388 e. The van der Waals surface area contributed by atoms with Gasteiger partial charge in [-0.3, -0.25) is 0 Å². The fraction of sp³-hybridized carbons (Fsp3) is 0.448. The number of nitrogens with zero attached hydrogens (tertiary/aromatic N) is 1. The summed E-state index contributed by atoms with van der Waals surface area (Å²) in [5.41, 5.74) is 3.01. The zero-order valence-corrected chi connectivity index (χ0v) is 22.2. The number of allylic oxidation sites excluding steroid dienone is 5. The SMILES string of the molecule is C#C.C=C/C(C#N)=C\C=C(/C)C(=N)CC(CC)Nc1ccccc1.CC.CCCC.COC. The van der Waals surface area contributed by atoms with Gasteiger partial charge in [0.15, 0.2) is 0 Å². The summed E-state index contributed by atoms with van der Waals surface area (Å²) in [6.45, 7) is 15.9. The van der Waals surface area contributed by atoms with Crippen molar-refractivity contribution in [3.63, 3.8) is 0 Å². The molecule has 0 heterocycles. The molecule has 4 nitrogen and oxygen atoms in total. The molecule has 184 valence electrons. The molecule has 4 heteroatoms. The van der Waals surface area contributed by atoms with E-state index >= 15 is 0 Å². The van der Waals surface area contributed by atoms with Crippen LogP contribution in [0.1, 0.15) is 67.2 Å². The van der Waals surface area contributed by atoms with Crippen molar-refractivity contribution in [1.82, 2.24) is 0 Å². The first-order valence-electron chi connectivity index (χ1n) is 11.5. The van der Waals surface area contributed by atoms with E-state index in [2.05, 4.69) is 50.3 Å². The van der Waals surface area contributed by atoms with Gasteiger partial charge < -0.3 is 15.5 Å². The van der Waals surface area contributed by atoms with Crippen LogP contribution in [0.5, 0.6) is 0 Å². The zero-order valence-electron chi connectivity index (χ0n) is 22.2. The molecule has 0 aliphatic heterocycles. The highest BCUT2D eigenvalue weighted by Crippen LogP contribution is 2.13. The Kier molecular flexibility index (Phi) is 35.1. The third-order valence-electron chi connectivity index (χ3n) is 3.93. The summed E-state index contributed by atoms with van der Waals surface area (Å²) in [7, 11) is 3.25. The Morgan fingerprint density at radius 3 is 1.97 bits per heavy atom. The second kappa shape index (κ2) is 31.1. The van der Waals surface area contributed by atoms with Gasteiger partial charge in [0.1, 0.15) is 0 Å². The van der Waals surface area contributed by atoms with E-state index in [4.69, 9.17) is 10.7 Å². The minimum absolute atomic E-state index is 0.220. The molecule has 0 aliphatic rings.